The molecule has 8 heteroatoms. The molecule has 1 amide bonds. The molecule has 4 nitrogen and oxygen atoms in total. The fourth-order valence-electron chi connectivity index (χ4n) is 3.39. The summed E-state index contributed by atoms with van der Waals surface area (Å²) in [5.74, 6) is -0.388. The molecule has 0 N–H and O–H groups in total. The third-order valence-electron chi connectivity index (χ3n) is 4.32. The molecular formula is C14H18F3N3OS. The molecule has 3 rings (SSSR count). The lowest BCUT2D eigenvalue weighted by Gasteiger charge is -2.37. The van der Waals surface area contributed by atoms with E-state index < -0.39 is 18.8 Å². The van der Waals surface area contributed by atoms with E-state index in [-0.39, 0.29) is 18.5 Å². The third-order valence-corrected chi connectivity index (χ3v) is 5.20. The molecule has 2 aliphatic heterocycles. The van der Waals surface area contributed by atoms with Crippen molar-refractivity contribution in [2.75, 3.05) is 19.6 Å². The zero-order chi connectivity index (χ0) is 15.7. The minimum Gasteiger partial charge on any atom is -0.332 e. The highest BCUT2D eigenvalue weighted by Gasteiger charge is 2.44. The number of likely N-dealkylation sites (tertiary alicyclic amines) is 2. The van der Waals surface area contributed by atoms with Crippen molar-refractivity contribution in [3.05, 3.63) is 16.6 Å². The number of hydrogen-bond donors (Lipinski definition) is 0. The van der Waals surface area contributed by atoms with Gasteiger partial charge in [0.2, 0.25) is 5.91 Å². The van der Waals surface area contributed by atoms with Gasteiger partial charge in [-0.25, -0.2) is 4.98 Å². The van der Waals surface area contributed by atoms with Gasteiger partial charge in [0, 0.05) is 18.1 Å². The van der Waals surface area contributed by atoms with Crippen molar-refractivity contribution in [1.29, 1.82) is 0 Å². The monoisotopic (exact) mass is 333 g/mol. The van der Waals surface area contributed by atoms with Crippen molar-refractivity contribution in [3.8, 4) is 0 Å². The van der Waals surface area contributed by atoms with Crippen LogP contribution in [-0.4, -0.2) is 52.5 Å². The fraction of sp³-hybridized carbons (Fsp3) is 0.714. The number of aromatic nitrogens is 1. The van der Waals surface area contributed by atoms with Crippen molar-refractivity contribution >= 4 is 17.2 Å². The van der Waals surface area contributed by atoms with Crippen LogP contribution >= 0.6 is 11.3 Å². The Morgan fingerprint density at radius 3 is 2.73 bits per heavy atom. The first kappa shape index (κ1) is 15.7. The van der Waals surface area contributed by atoms with E-state index in [4.69, 9.17) is 0 Å². The first-order chi connectivity index (χ1) is 10.5. The van der Waals surface area contributed by atoms with Gasteiger partial charge in [-0.3, -0.25) is 9.69 Å². The first-order valence-corrected chi connectivity index (χ1v) is 8.34. The summed E-state index contributed by atoms with van der Waals surface area (Å²) in [6.07, 6.45) is 0.826. The highest BCUT2D eigenvalue weighted by atomic mass is 32.1. The summed E-state index contributed by atoms with van der Waals surface area (Å²) in [7, 11) is 0. The van der Waals surface area contributed by atoms with Gasteiger partial charge in [0.25, 0.3) is 0 Å². The standard InChI is InChI=1S/C14H18F3N3OS/c15-14(16,17)9-19-7-4-11(13(19)21)20-6-2-1-3-10(20)12-18-5-8-22-12/h5,8,10-11H,1-4,6-7,9H2/t10-,11-/m0/s1. The number of alkyl halides is 3. The van der Waals surface area contributed by atoms with Gasteiger partial charge in [0.05, 0.1) is 12.1 Å². The zero-order valence-electron chi connectivity index (χ0n) is 12.1. The van der Waals surface area contributed by atoms with Gasteiger partial charge >= 0.3 is 6.18 Å². The molecule has 3 heterocycles. The van der Waals surface area contributed by atoms with Gasteiger partial charge in [0.1, 0.15) is 11.6 Å². The second-order valence-electron chi connectivity index (χ2n) is 5.80. The van der Waals surface area contributed by atoms with Gasteiger partial charge in [-0.1, -0.05) is 6.42 Å². The second-order valence-corrected chi connectivity index (χ2v) is 6.73. The Kier molecular flexibility index (Phi) is 4.40. The summed E-state index contributed by atoms with van der Waals surface area (Å²) < 4.78 is 37.6. The molecule has 2 saturated heterocycles. The summed E-state index contributed by atoms with van der Waals surface area (Å²) in [4.78, 5) is 19.7. The van der Waals surface area contributed by atoms with E-state index in [2.05, 4.69) is 9.88 Å². The number of thiazole rings is 1. The molecule has 1 aromatic rings. The smallest absolute Gasteiger partial charge is 0.332 e. The third kappa shape index (κ3) is 3.27. The fourth-order valence-corrected chi connectivity index (χ4v) is 4.19. The van der Waals surface area contributed by atoms with E-state index in [9.17, 15) is 18.0 Å². The van der Waals surface area contributed by atoms with Crippen molar-refractivity contribution in [3.63, 3.8) is 0 Å². The molecule has 0 unspecified atom stereocenters. The lowest BCUT2D eigenvalue weighted by Crippen LogP contribution is -2.47. The van der Waals surface area contributed by atoms with Crippen LogP contribution in [0.25, 0.3) is 0 Å². The van der Waals surface area contributed by atoms with E-state index in [1.807, 2.05) is 5.38 Å². The molecule has 0 spiro atoms. The molecule has 122 valence electrons. The van der Waals surface area contributed by atoms with Crippen molar-refractivity contribution in [1.82, 2.24) is 14.8 Å². The molecule has 0 saturated carbocycles. The molecule has 22 heavy (non-hydrogen) atoms. The Labute approximate surface area is 130 Å². The van der Waals surface area contributed by atoms with E-state index in [1.165, 1.54) is 0 Å². The van der Waals surface area contributed by atoms with Crippen LogP contribution in [0.5, 0.6) is 0 Å². The van der Waals surface area contributed by atoms with Crippen LogP contribution < -0.4 is 0 Å². The highest BCUT2D eigenvalue weighted by molar-refractivity contribution is 7.09. The molecule has 0 radical (unpaired) electrons. The number of nitrogens with zero attached hydrogens (tertiary/aromatic N) is 3. The minimum atomic E-state index is -4.33. The Bertz CT molecular complexity index is 520. The van der Waals surface area contributed by atoms with E-state index in [0.29, 0.717) is 6.42 Å². The Hall–Kier alpha value is -1.15. The Balaban J connectivity index is 1.73. The van der Waals surface area contributed by atoms with Crippen LogP contribution in [0.2, 0.25) is 0 Å². The van der Waals surface area contributed by atoms with Gasteiger partial charge in [-0.05, 0) is 25.8 Å². The van der Waals surface area contributed by atoms with Crippen LogP contribution in [0.4, 0.5) is 13.2 Å². The van der Waals surface area contributed by atoms with E-state index >= 15 is 0 Å². The molecule has 2 aliphatic rings. The van der Waals surface area contributed by atoms with Gasteiger partial charge in [-0.2, -0.15) is 13.2 Å². The average molecular weight is 333 g/mol. The van der Waals surface area contributed by atoms with Crippen LogP contribution in [0.15, 0.2) is 11.6 Å². The van der Waals surface area contributed by atoms with Crippen LogP contribution in [-0.2, 0) is 4.79 Å². The summed E-state index contributed by atoms with van der Waals surface area (Å²) in [6, 6.07) is -0.370. The van der Waals surface area contributed by atoms with Crippen molar-refractivity contribution in [2.45, 2.75) is 43.9 Å². The predicted molar refractivity (Wildman–Crippen MR) is 76.5 cm³/mol. The predicted octanol–water partition coefficient (Wildman–Crippen LogP) is 2.83. The molecule has 2 fully saturated rings. The summed E-state index contributed by atoms with van der Waals surface area (Å²) in [5.41, 5.74) is 0. The number of halogens is 3. The number of piperidine rings is 1. The lowest BCUT2D eigenvalue weighted by molar-refractivity contribution is -0.159. The maximum absolute atomic E-state index is 12.5. The van der Waals surface area contributed by atoms with Crippen LogP contribution in [0, 0.1) is 0 Å². The van der Waals surface area contributed by atoms with Gasteiger partial charge in [0.15, 0.2) is 0 Å². The van der Waals surface area contributed by atoms with Gasteiger partial charge < -0.3 is 4.90 Å². The number of carbonyl (C=O) groups excluding carboxylic acids is 1. The van der Waals surface area contributed by atoms with Gasteiger partial charge in [-0.15, -0.1) is 11.3 Å². The maximum atomic E-state index is 12.5. The molecule has 0 bridgehead atoms. The minimum absolute atomic E-state index is 0.0635. The van der Waals surface area contributed by atoms with Crippen LogP contribution in [0.1, 0.15) is 36.7 Å². The maximum Gasteiger partial charge on any atom is 0.406 e. The first-order valence-electron chi connectivity index (χ1n) is 7.46. The Morgan fingerprint density at radius 2 is 2.05 bits per heavy atom. The normalized spacial score (nSPS) is 27.6. The summed E-state index contributed by atoms with van der Waals surface area (Å²) >= 11 is 1.55. The van der Waals surface area contributed by atoms with E-state index in [1.54, 1.807) is 17.5 Å². The molecule has 2 atom stereocenters. The number of carbonyl (C=O) groups is 1. The van der Waals surface area contributed by atoms with Crippen LogP contribution in [0.3, 0.4) is 0 Å². The number of hydrogen-bond acceptors (Lipinski definition) is 4. The highest BCUT2D eigenvalue weighted by Crippen LogP contribution is 2.36. The SMILES string of the molecule is O=C1[C@@H](N2CCCC[C@H]2c2nccs2)CCN1CC(F)(F)F. The topological polar surface area (TPSA) is 36.4 Å². The van der Waals surface area contributed by atoms with E-state index in [0.717, 1.165) is 35.7 Å². The lowest BCUT2D eigenvalue weighted by atomic mass is 9.99. The molecule has 1 aromatic heterocycles. The zero-order valence-corrected chi connectivity index (χ0v) is 12.9. The van der Waals surface area contributed by atoms with Crippen molar-refractivity contribution < 1.29 is 18.0 Å². The summed E-state index contributed by atoms with van der Waals surface area (Å²) in [6.45, 7) is -0.206. The number of rotatable bonds is 3. The molecule has 0 aliphatic carbocycles. The number of amides is 1. The largest absolute Gasteiger partial charge is 0.406 e. The Morgan fingerprint density at radius 1 is 1.23 bits per heavy atom. The second kappa shape index (κ2) is 6.16. The quantitative estimate of drug-likeness (QED) is 0.853. The average Bonchev–Trinajstić information content (AvgIpc) is 3.09. The summed E-state index contributed by atoms with van der Waals surface area (Å²) in [5, 5.41) is 2.86. The molecular weight excluding hydrogens is 315 g/mol. The van der Waals surface area contributed by atoms with Crippen molar-refractivity contribution in [2.24, 2.45) is 0 Å². The molecule has 0 aromatic carbocycles.